The van der Waals surface area contributed by atoms with Crippen LogP contribution in [0.25, 0.3) is 11.2 Å². The van der Waals surface area contributed by atoms with Gasteiger partial charge in [-0.1, -0.05) is 0 Å². The summed E-state index contributed by atoms with van der Waals surface area (Å²) >= 11 is 0. The minimum atomic E-state index is -0.683. The number of aryl methyl sites for hydroxylation is 1. The van der Waals surface area contributed by atoms with E-state index >= 15 is 0 Å². The quantitative estimate of drug-likeness (QED) is 0.486. The lowest BCUT2D eigenvalue weighted by molar-refractivity contribution is 0.175. The number of aliphatic hydroxyl groups is 2. The van der Waals surface area contributed by atoms with Crippen molar-refractivity contribution in [3.05, 3.63) is 20.8 Å². The number of aromatic amines is 1. The second kappa shape index (κ2) is 6.10. The van der Waals surface area contributed by atoms with E-state index < -0.39 is 17.4 Å². The Balaban J connectivity index is 2.61. The first-order valence-electron chi connectivity index (χ1n) is 6.68. The molecule has 1 atom stereocenters. The van der Waals surface area contributed by atoms with Gasteiger partial charge in [-0.05, 0) is 13.3 Å². The van der Waals surface area contributed by atoms with Crippen molar-refractivity contribution >= 4 is 17.1 Å². The summed E-state index contributed by atoms with van der Waals surface area (Å²) in [6, 6.07) is 0. The van der Waals surface area contributed by atoms with Gasteiger partial charge >= 0.3 is 5.69 Å². The Morgan fingerprint density at radius 2 is 2.14 bits per heavy atom. The average molecular weight is 297 g/mol. The molecular formula is C12H19N5O4. The molecule has 0 aliphatic carbocycles. The fourth-order valence-electron chi connectivity index (χ4n) is 2.09. The van der Waals surface area contributed by atoms with Gasteiger partial charge in [0.25, 0.3) is 5.56 Å². The van der Waals surface area contributed by atoms with Crippen LogP contribution in [-0.4, -0.2) is 48.6 Å². The molecule has 0 aliphatic heterocycles. The summed E-state index contributed by atoms with van der Waals surface area (Å²) in [5, 5.41) is 21.4. The van der Waals surface area contributed by atoms with Crippen molar-refractivity contribution in [2.24, 2.45) is 7.05 Å². The monoisotopic (exact) mass is 297 g/mol. The van der Waals surface area contributed by atoms with Crippen molar-refractivity contribution < 1.29 is 10.2 Å². The molecule has 0 spiro atoms. The molecule has 0 radical (unpaired) electrons. The summed E-state index contributed by atoms with van der Waals surface area (Å²) in [7, 11) is 1.51. The topological polar surface area (TPSA) is 125 Å². The van der Waals surface area contributed by atoms with Crippen LogP contribution in [0.15, 0.2) is 9.59 Å². The molecule has 0 amide bonds. The molecule has 0 bridgehead atoms. The van der Waals surface area contributed by atoms with Crippen molar-refractivity contribution in [2.75, 3.05) is 18.5 Å². The molecule has 116 valence electrons. The molecule has 2 aromatic rings. The zero-order valence-electron chi connectivity index (χ0n) is 12.0. The van der Waals surface area contributed by atoms with Gasteiger partial charge in [-0.25, -0.2) is 4.79 Å². The number of nitrogens with zero attached hydrogens (tertiary/aromatic N) is 3. The van der Waals surface area contributed by atoms with Gasteiger partial charge in [0, 0.05) is 20.2 Å². The Morgan fingerprint density at radius 3 is 2.76 bits per heavy atom. The summed E-state index contributed by atoms with van der Waals surface area (Å²) < 4.78 is 2.78. The lowest BCUT2D eigenvalue weighted by Gasteiger charge is -2.11. The van der Waals surface area contributed by atoms with Crippen LogP contribution in [-0.2, 0) is 13.6 Å². The fourth-order valence-corrected chi connectivity index (χ4v) is 2.09. The maximum atomic E-state index is 12.0. The number of nitrogens with one attached hydrogen (secondary N) is 2. The van der Waals surface area contributed by atoms with Crippen molar-refractivity contribution in [2.45, 2.75) is 26.0 Å². The molecule has 9 nitrogen and oxygen atoms in total. The number of imidazole rings is 1. The summed E-state index contributed by atoms with van der Waals surface area (Å²) in [6.07, 6.45) is -0.162. The van der Waals surface area contributed by atoms with E-state index in [1.165, 1.54) is 16.2 Å². The van der Waals surface area contributed by atoms with E-state index in [-0.39, 0.29) is 24.3 Å². The summed E-state index contributed by atoms with van der Waals surface area (Å²) in [6.45, 7) is 2.26. The number of aromatic nitrogens is 4. The van der Waals surface area contributed by atoms with Gasteiger partial charge in [0.1, 0.15) is 0 Å². The Bertz CT molecular complexity index is 742. The molecule has 21 heavy (non-hydrogen) atoms. The molecular weight excluding hydrogens is 278 g/mol. The molecule has 0 unspecified atom stereocenters. The second-order valence-corrected chi connectivity index (χ2v) is 4.89. The van der Waals surface area contributed by atoms with Crippen molar-refractivity contribution in [3.63, 3.8) is 0 Å². The van der Waals surface area contributed by atoms with Crippen LogP contribution >= 0.6 is 0 Å². The third-order valence-corrected chi connectivity index (χ3v) is 3.07. The van der Waals surface area contributed by atoms with Crippen molar-refractivity contribution in [3.8, 4) is 0 Å². The van der Waals surface area contributed by atoms with Crippen LogP contribution in [0, 0.1) is 0 Å². The van der Waals surface area contributed by atoms with Crippen LogP contribution in [0.2, 0.25) is 0 Å². The van der Waals surface area contributed by atoms with Crippen LogP contribution < -0.4 is 16.6 Å². The first kappa shape index (κ1) is 15.3. The maximum Gasteiger partial charge on any atom is 0.329 e. The highest BCUT2D eigenvalue weighted by molar-refractivity contribution is 5.74. The number of H-pyrrole nitrogens is 1. The van der Waals surface area contributed by atoms with E-state index in [1.54, 1.807) is 6.92 Å². The number of rotatable bonds is 6. The second-order valence-electron chi connectivity index (χ2n) is 4.89. The molecule has 0 aliphatic rings. The first-order chi connectivity index (χ1) is 9.95. The molecule has 4 N–H and O–H groups in total. The predicted octanol–water partition coefficient (Wildman–Crippen LogP) is -1.40. The predicted molar refractivity (Wildman–Crippen MR) is 77.5 cm³/mol. The number of hydrogen-bond acceptors (Lipinski definition) is 6. The summed E-state index contributed by atoms with van der Waals surface area (Å²) in [5.41, 5.74) is -0.618. The Kier molecular flexibility index (Phi) is 4.43. The maximum absolute atomic E-state index is 12.0. The van der Waals surface area contributed by atoms with Crippen molar-refractivity contribution in [1.29, 1.82) is 0 Å². The highest BCUT2D eigenvalue weighted by atomic mass is 16.3. The SMILES string of the molecule is C[C@@H](O)Cn1c(NCCCO)nc2c1c(=O)[nH]c(=O)n2C. The molecule has 0 saturated carbocycles. The molecule has 0 aromatic carbocycles. The van der Waals surface area contributed by atoms with Gasteiger partial charge in [-0.2, -0.15) is 4.98 Å². The zero-order valence-corrected chi connectivity index (χ0v) is 12.0. The lowest BCUT2D eigenvalue weighted by atomic mass is 10.4. The molecule has 0 fully saturated rings. The molecule has 0 saturated heterocycles. The van der Waals surface area contributed by atoms with Crippen LogP contribution in [0.4, 0.5) is 5.95 Å². The van der Waals surface area contributed by atoms with Gasteiger partial charge in [0.15, 0.2) is 11.2 Å². The van der Waals surface area contributed by atoms with Crippen LogP contribution in [0.5, 0.6) is 0 Å². The Labute approximate surface area is 119 Å². The zero-order chi connectivity index (χ0) is 15.6. The lowest BCUT2D eigenvalue weighted by Crippen LogP contribution is -2.29. The third-order valence-electron chi connectivity index (χ3n) is 3.07. The number of hydrogen-bond donors (Lipinski definition) is 4. The van der Waals surface area contributed by atoms with Gasteiger partial charge in [0.05, 0.1) is 12.6 Å². The van der Waals surface area contributed by atoms with Crippen molar-refractivity contribution in [1.82, 2.24) is 19.1 Å². The van der Waals surface area contributed by atoms with Gasteiger partial charge in [-0.3, -0.25) is 14.3 Å². The van der Waals surface area contributed by atoms with E-state index in [0.717, 1.165) is 0 Å². The molecule has 9 heteroatoms. The smallest absolute Gasteiger partial charge is 0.329 e. The number of aliphatic hydroxyl groups excluding tert-OH is 2. The standard InChI is InChI=1S/C12H19N5O4/c1-7(19)6-17-8-9(14-11(17)13-4-3-5-18)16(2)12(21)15-10(8)20/h7,18-19H,3-6H2,1-2H3,(H,13,14)(H,15,20,21)/t7-/m1/s1. The van der Waals surface area contributed by atoms with Gasteiger partial charge in [-0.15, -0.1) is 0 Å². The highest BCUT2D eigenvalue weighted by Crippen LogP contribution is 2.15. The van der Waals surface area contributed by atoms with Crippen LogP contribution in [0.1, 0.15) is 13.3 Å². The fraction of sp³-hybridized carbons (Fsp3) is 0.583. The normalized spacial score (nSPS) is 12.8. The summed E-state index contributed by atoms with van der Waals surface area (Å²) in [4.78, 5) is 30.1. The van der Waals surface area contributed by atoms with Crippen LogP contribution in [0.3, 0.4) is 0 Å². The highest BCUT2D eigenvalue weighted by Gasteiger charge is 2.17. The minimum Gasteiger partial charge on any atom is -0.396 e. The van der Waals surface area contributed by atoms with E-state index in [4.69, 9.17) is 5.11 Å². The molecule has 2 rings (SSSR count). The average Bonchev–Trinajstić information content (AvgIpc) is 2.75. The van der Waals surface area contributed by atoms with E-state index in [9.17, 15) is 14.7 Å². The van der Waals surface area contributed by atoms with E-state index in [0.29, 0.717) is 18.9 Å². The number of fused-ring (bicyclic) bond motifs is 1. The summed E-state index contributed by atoms with van der Waals surface area (Å²) in [5.74, 6) is 0.381. The van der Waals surface area contributed by atoms with Gasteiger partial charge in [0.2, 0.25) is 5.95 Å². The molecule has 2 heterocycles. The first-order valence-corrected chi connectivity index (χ1v) is 6.68. The number of anilines is 1. The Hall–Kier alpha value is -2.13. The largest absolute Gasteiger partial charge is 0.396 e. The van der Waals surface area contributed by atoms with E-state index in [1.807, 2.05) is 0 Å². The van der Waals surface area contributed by atoms with Gasteiger partial charge < -0.3 is 20.1 Å². The third kappa shape index (κ3) is 2.98. The minimum absolute atomic E-state index is 0.0305. The Morgan fingerprint density at radius 1 is 1.43 bits per heavy atom. The molecule has 2 aromatic heterocycles. The van der Waals surface area contributed by atoms with E-state index in [2.05, 4.69) is 15.3 Å².